The summed E-state index contributed by atoms with van der Waals surface area (Å²) in [6.45, 7) is 1.67. The predicted molar refractivity (Wildman–Crippen MR) is 190 cm³/mol. The molecule has 4 aromatic rings. The molecule has 0 aliphatic rings. The minimum Gasteiger partial charge on any atom is -0.504 e. The number of halogens is 1. The second kappa shape index (κ2) is 19.1. The van der Waals surface area contributed by atoms with Crippen LogP contribution in [0, 0.1) is 19.6 Å². The molecule has 0 amide bonds. The Morgan fingerprint density at radius 1 is 0.964 bits per heavy atom. The Morgan fingerprint density at radius 2 is 1.67 bits per heavy atom. The predicted octanol–water partition coefficient (Wildman–Crippen LogP) is 3.24. The molecule has 3 aromatic carbocycles. The van der Waals surface area contributed by atoms with Gasteiger partial charge in [-0.25, -0.2) is 12.6 Å². The van der Waals surface area contributed by atoms with Crippen molar-refractivity contribution in [3.8, 4) is 5.75 Å². The molecule has 0 saturated carbocycles. The van der Waals surface area contributed by atoms with E-state index in [4.69, 9.17) is 9.81 Å². The number of amidine groups is 1. The number of nitrogens with one attached hydrogen (secondary N) is 2. The van der Waals surface area contributed by atoms with E-state index in [2.05, 4.69) is 50.1 Å². The number of nitrogens with zero attached hydrogens (tertiary/aromatic N) is 7. The first-order valence-corrected chi connectivity index (χ1v) is 19.6. The summed E-state index contributed by atoms with van der Waals surface area (Å²) < 4.78 is 107. The normalized spacial score (nSPS) is 12.3. The number of rotatable bonds is 17. The van der Waals surface area contributed by atoms with Crippen molar-refractivity contribution in [2.24, 2.45) is 15.3 Å². The minimum absolute atomic E-state index is 0. The molecule has 1 radical (unpaired) electrons. The molecule has 0 bridgehead atoms. The summed E-state index contributed by atoms with van der Waals surface area (Å²) in [5.74, 6) is -3.26. The molecule has 0 aliphatic carbocycles. The van der Waals surface area contributed by atoms with Gasteiger partial charge in [-0.15, -0.1) is 21.9 Å². The van der Waals surface area contributed by atoms with Gasteiger partial charge >= 0.3 is 16.5 Å². The molecule has 301 valence electrons. The van der Waals surface area contributed by atoms with Crippen molar-refractivity contribution in [2.75, 3.05) is 47.3 Å². The Kier molecular flexibility index (Phi) is 15.5. The number of phenols is 1. The number of aromatic hydroxyl groups is 1. The molecule has 4 rings (SSSR count). The van der Waals surface area contributed by atoms with Crippen molar-refractivity contribution in [3.63, 3.8) is 0 Å². The van der Waals surface area contributed by atoms with Crippen molar-refractivity contribution in [3.05, 3.63) is 90.0 Å². The molecule has 0 saturated heterocycles. The number of anilines is 4. The van der Waals surface area contributed by atoms with Gasteiger partial charge in [-0.1, -0.05) is 42.0 Å². The molecule has 1 heterocycles. The fraction of sp³-hybridized carbons (Fsp3) is 0.207. The number of sulfone groups is 1. The molecule has 21 nitrogen and oxygen atoms in total. The van der Waals surface area contributed by atoms with Crippen molar-refractivity contribution in [1.29, 1.82) is 0 Å². The quantitative estimate of drug-likeness (QED) is 0.0102. The monoisotopic (exact) mass is 875 g/mol. The van der Waals surface area contributed by atoms with Gasteiger partial charge in [0.05, 0.1) is 28.7 Å². The van der Waals surface area contributed by atoms with E-state index in [1.54, 1.807) is 48.5 Å². The first-order valence-electron chi connectivity index (χ1n) is 14.9. The third kappa shape index (κ3) is 13.7. The molecule has 6 N–H and O–H groups in total. The van der Waals surface area contributed by atoms with Crippen molar-refractivity contribution in [1.82, 2.24) is 15.0 Å². The number of azo groups is 1. The van der Waals surface area contributed by atoms with Gasteiger partial charge in [0.1, 0.15) is 5.69 Å². The molecular weight excluding hydrogens is 845 g/mol. The number of benzene rings is 3. The third-order valence-corrected chi connectivity index (χ3v) is 9.75. The van der Waals surface area contributed by atoms with Crippen molar-refractivity contribution in [2.45, 2.75) is 11.8 Å². The summed E-state index contributed by atoms with van der Waals surface area (Å²) in [5, 5.41) is 34.8. The van der Waals surface area contributed by atoms with E-state index >= 15 is 0 Å². The smallest absolute Gasteiger partial charge is 0.397 e. The molecule has 0 atom stereocenters. The first-order chi connectivity index (χ1) is 25.3. The van der Waals surface area contributed by atoms with Gasteiger partial charge in [-0.2, -0.15) is 47.3 Å². The van der Waals surface area contributed by atoms with Crippen LogP contribution in [0.25, 0.3) is 0 Å². The van der Waals surface area contributed by atoms with Crippen LogP contribution in [0.15, 0.2) is 80.9 Å². The van der Waals surface area contributed by atoms with E-state index in [0.717, 1.165) is 29.2 Å². The number of aromatic nitrogens is 3. The zero-order valence-corrected chi connectivity index (χ0v) is 31.7. The summed E-state index contributed by atoms with van der Waals surface area (Å²) >= 11 is 0. The number of phenolic OH excluding ortho intramolecular Hbond substituents is 1. The summed E-state index contributed by atoms with van der Waals surface area (Å²) in [6.07, 6.45) is -1.37. The van der Waals surface area contributed by atoms with Crippen LogP contribution in [-0.4, -0.2) is 97.2 Å². The molecule has 0 aliphatic heterocycles. The second-order valence-electron chi connectivity index (χ2n) is 10.9. The molecule has 0 fully saturated rings. The molecule has 26 heteroatoms. The molecule has 0 spiro atoms. The average molecular weight is 876 g/mol. The first kappa shape index (κ1) is 44.5. The zero-order valence-electron chi connectivity index (χ0n) is 28.3. The maximum absolute atomic E-state index is 14.5. The Labute approximate surface area is 324 Å². The number of hydrogen-bond donors (Lipinski definition) is 6. The van der Waals surface area contributed by atoms with Crippen molar-refractivity contribution < 1.29 is 75.3 Å². The van der Waals surface area contributed by atoms with Crippen LogP contribution in [0.2, 0.25) is 0 Å². The topological polar surface area (TPSA) is 305 Å². The zero-order chi connectivity index (χ0) is 39.7. The summed E-state index contributed by atoms with van der Waals surface area (Å²) in [6, 6.07) is 15.0. The minimum atomic E-state index is -4.95. The Morgan fingerprint density at radius 3 is 2.33 bits per heavy atom. The Balaban J connectivity index is 0.00000812. The van der Waals surface area contributed by atoms with E-state index in [1.807, 2.05) is 6.92 Å². The van der Waals surface area contributed by atoms with Gasteiger partial charge < -0.3 is 20.7 Å². The molecular formula is C29H31CuFN9O12S3-. The van der Waals surface area contributed by atoms with Crippen LogP contribution in [0.1, 0.15) is 16.7 Å². The maximum atomic E-state index is 14.5. The number of hydrogen-bond acceptors (Lipinski definition) is 18. The fourth-order valence-corrected chi connectivity index (χ4v) is 6.24. The van der Waals surface area contributed by atoms with E-state index in [1.165, 1.54) is 7.05 Å². The van der Waals surface area contributed by atoms with E-state index in [-0.39, 0.29) is 29.4 Å². The molecule has 1 aromatic heterocycles. The van der Waals surface area contributed by atoms with Crippen LogP contribution in [0.5, 0.6) is 5.75 Å². The van der Waals surface area contributed by atoms with Gasteiger partial charge in [0.15, 0.2) is 21.4 Å². The third-order valence-electron chi connectivity index (χ3n) is 6.86. The van der Waals surface area contributed by atoms with E-state index in [0.29, 0.717) is 16.8 Å². The number of hydrazone groups is 1. The summed E-state index contributed by atoms with van der Waals surface area (Å²) in [7, 11) is -12.5. The Hall–Kier alpha value is -4.89. The van der Waals surface area contributed by atoms with Gasteiger partial charge in [-0.05, 0) is 31.4 Å². The fourth-order valence-electron chi connectivity index (χ4n) is 4.22. The van der Waals surface area contributed by atoms with E-state index in [9.17, 15) is 39.3 Å². The van der Waals surface area contributed by atoms with E-state index < -0.39 is 88.5 Å². The summed E-state index contributed by atoms with van der Waals surface area (Å²) in [4.78, 5) is 15.4. The largest absolute Gasteiger partial charge is 0.504 e. The van der Waals surface area contributed by atoms with Crippen LogP contribution in [0.4, 0.5) is 33.3 Å². The van der Waals surface area contributed by atoms with Gasteiger partial charge in [-0.3, -0.25) is 19.3 Å². The van der Waals surface area contributed by atoms with Gasteiger partial charge in [0.25, 0.3) is 10.1 Å². The SMILES string of the molecule is Cc1ccc([CH-]OO)c(N/N=C(\N=Nc2cc(S(=O)(=O)O)cc(Nc3nc(F)nc(N(C)CCS(=O)(=O)CCOS(=O)(=O)O)n3)c2O)c2ccccc2)c1.[Cu]. The van der Waals surface area contributed by atoms with Crippen molar-refractivity contribution >= 4 is 65.1 Å². The molecule has 0 unspecified atom stereocenters. The Bertz CT molecular complexity index is 2380. The van der Waals surface area contributed by atoms with Crippen LogP contribution in [0.3, 0.4) is 0 Å². The molecule has 55 heavy (non-hydrogen) atoms. The summed E-state index contributed by atoms with van der Waals surface area (Å²) in [5.41, 5.74) is 3.79. The van der Waals surface area contributed by atoms with Crippen LogP contribution < -0.4 is 15.6 Å². The standard InChI is InChI=1S/C29H31FN9O12S3.Cu/c1-18-8-9-20(17-50-41)22(14-18)35-37-26(19-6-4-3-5-7-19)38-36-24-16-21(53(44,45)46)15-23(25(24)40)31-28-32-27(30)33-29(34-28)39(2)10-12-52(42,43)13-11-51-54(47,48)49;/h3-9,14-17,35,40-41H,10-13H2,1-2H3,(H,44,45,46)(H,47,48,49)(H,31,32,33,34);/q-1;/b37-26-,38-36?;. The van der Waals surface area contributed by atoms with Crippen LogP contribution in [-0.2, 0) is 56.5 Å². The average Bonchev–Trinajstić information content (AvgIpc) is 3.08. The second-order valence-corrected chi connectivity index (χ2v) is 15.7. The van der Waals surface area contributed by atoms with Crippen LogP contribution >= 0.6 is 0 Å². The van der Waals surface area contributed by atoms with Gasteiger partial charge in [0.2, 0.25) is 11.9 Å². The number of aryl methyl sites for hydroxylation is 1. The maximum Gasteiger partial charge on any atom is 0.397 e. The van der Waals surface area contributed by atoms with Gasteiger partial charge in [0, 0.05) is 36.2 Å².